The summed E-state index contributed by atoms with van der Waals surface area (Å²) in [6.45, 7) is 3.44. The highest BCUT2D eigenvalue weighted by molar-refractivity contribution is 6.04. The summed E-state index contributed by atoms with van der Waals surface area (Å²) >= 11 is 0. The maximum absolute atomic E-state index is 14.9. The second-order valence-electron chi connectivity index (χ2n) is 7.91. The molecule has 9 nitrogen and oxygen atoms in total. The normalized spacial score (nSPS) is 17.3. The highest BCUT2D eigenvalue weighted by Gasteiger charge is 2.36. The lowest BCUT2D eigenvalue weighted by Crippen LogP contribution is -2.41. The average molecular weight is 433 g/mol. The van der Waals surface area contributed by atoms with E-state index in [0.717, 1.165) is 0 Å². The summed E-state index contributed by atoms with van der Waals surface area (Å²) in [5.74, 6) is -0.909. The molecule has 0 bridgehead atoms. The average Bonchev–Trinajstić information content (AvgIpc) is 3.03. The first-order valence-corrected chi connectivity index (χ1v) is 9.73. The molecule has 1 amide bonds. The van der Waals surface area contributed by atoms with Crippen LogP contribution in [-0.4, -0.2) is 25.9 Å². The number of nitrogens with one attached hydrogen (secondary N) is 1. The Morgan fingerprint density at radius 1 is 1.38 bits per heavy atom. The van der Waals surface area contributed by atoms with Gasteiger partial charge in [0.1, 0.15) is 34.6 Å². The van der Waals surface area contributed by atoms with Gasteiger partial charge in [0, 0.05) is 30.7 Å². The molecule has 1 aliphatic heterocycles. The summed E-state index contributed by atoms with van der Waals surface area (Å²) in [6, 6.07) is 7.66. The summed E-state index contributed by atoms with van der Waals surface area (Å²) < 4.78 is 17.7. The molecule has 1 atom stereocenters. The van der Waals surface area contributed by atoms with Crippen molar-refractivity contribution in [3.63, 3.8) is 0 Å². The fraction of sp³-hybridized carbons (Fsp3) is 0.227. The molecule has 2 aromatic heterocycles. The fourth-order valence-electron chi connectivity index (χ4n) is 3.85. The molecule has 3 heterocycles. The molecule has 0 saturated carbocycles. The molecule has 3 aromatic rings. The van der Waals surface area contributed by atoms with Crippen LogP contribution in [-0.2, 0) is 19.1 Å². The van der Waals surface area contributed by atoms with Gasteiger partial charge in [0.2, 0.25) is 0 Å². The van der Waals surface area contributed by atoms with E-state index in [1.165, 1.54) is 33.5 Å². The number of amidine groups is 1. The van der Waals surface area contributed by atoms with Gasteiger partial charge in [-0.2, -0.15) is 5.26 Å². The van der Waals surface area contributed by atoms with Gasteiger partial charge in [-0.05, 0) is 43.7 Å². The zero-order chi connectivity index (χ0) is 23.2. The maximum Gasteiger partial charge on any atom is 0.328 e. The van der Waals surface area contributed by atoms with Crippen molar-refractivity contribution in [2.24, 2.45) is 17.8 Å². The van der Waals surface area contributed by atoms with E-state index in [-0.39, 0.29) is 29.3 Å². The quantitative estimate of drug-likeness (QED) is 0.650. The number of carbonyl (C=O) groups is 1. The summed E-state index contributed by atoms with van der Waals surface area (Å²) in [4.78, 5) is 33.7. The molecular weight excluding hydrogens is 413 g/mol. The van der Waals surface area contributed by atoms with E-state index in [9.17, 15) is 14.0 Å². The van der Waals surface area contributed by atoms with Crippen LogP contribution in [0.3, 0.4) is 0 Å². The Morgan fingerprint density at radius 3 is 2.81 bits per heavy atom. The number of pyridine rings is 1. The second kappa shape index (κ2) is 7.46. The van der Waals surface area contributed by atoms with Crippen molar-refractivity contribution in [2.75, 3.05) is 5.32 Å². The lowest BCUT2D eigenvalue weighted by molar-refractivity contribution is 0.102. The van der Waals surface area contributed by atoms with Crippen molar-refractivity contribution in [2.45, 2.75) is 25.9 Å². The zero-order valence-corrected chi connectivity index (χ0v) is 17.7. The van der Waals surface area contributed by atoms with Crippen molar-refractivity contribution in [3.8, 4) is 6.07 Å². The molecule has 1 aromatic carbocycles. The Balaban J connectivity index is 1.69. The number of carbonyl (C=O) groups excluding carboxylic acids is 1. The molecular formula is C22H20FN7O2. The monoisotopic (exact) mass is 433 g/mol. The van der Waals surface area contributed by atoms with E-state index in [4.69, 9.17) is 11.0 Å². The van der Waals surface area contributed by atoms with Crippen LogP contribution in [0.15, 0.2) is 46.4 Å². The van der Waals surface area contributed by atoms with Crippen molar-refractivity contribution < 1.29 is 9.18 Å². The largest absolute Gasteiger partial charge is 0.382 e. The van der Waals surface area contributed by atoms with E-state index >= 15 is 0 Å². The molecule has 10 heteroatoms. The van der Waals surface area contributed by atoms with Crippen LogP contribution < -0.4 is 16.7 Å². The van der Waals surface area contributed by atoms with Crippen LogP contribution >= 0.6 is 0 Å². The standard InChI is InChI=1S/C22H20FN7O2/c1-12-6-13(8-24)9-26-18(12)20(31)27-14-4-5-16(23)15(7-14)22(2)11-30-17(19(25)28-22)10-29(3)21(30)32/h4-7,9-10H,11H2,1-3H3,(H2,25,28)(H,27,31)/t22-/m0/s1. The molecule has 4 rings (SSSR count). The van der Waals surface area contributed by atoms with Crippen molar-refractivity contribution >= 4 is 17.4 Å². The van der Waals surface area contributed by atoms with Crippen LogP contribution in [0.5, 0.6) is 0 Å². The summed E-state index contributed by atoms with van der Waals surface area (Å²) in [6.07, 6.45) is 2.90. The Hall–Kier alpha value is -4.26. The van der Waals surface area contributed by atoms with Gasteiger partial charge in [0.05, 0.1) is 12.1 Å². The molecule has 0 fully saturated rings. The highest BCUT2D eigenvalue weighted by Crippen LogP contribution is 2.34. The van der Waals surface area contributed by atoms with Gasteiger partial charge in [0.15, 0.2) is 0 Å². The Labute approximate surface area is 182 Å². The molecule has 162 valence electrons. The lowest BCUT2D eigenvalue weighted by Gasteiger charge is -2.31. The molecule has 0 spiro atoms. The minimum absolute atomic E-state index is 0.0906. The van der Waals surface area contributed by atoms with E-state index in [1.54, 1.807) is 33.2 Å². The highest BCUT2D eigenvalue weighted by atomic mass is 19.1. The number of rotatable bonds is 3. The minimum atomic E-state index is -1.16. The third-order valence-corrected chi connectivity index (χ3v) is 5.46. The van der Waals surface area contributed by atoms with Gasteiger partial charge in [0.25, 0.3) is 5.91 Å². The molecule has 0 radical (unpaired) electrons. The molecule has 0 unspecified atom stereocenters. The topological polar surface area (TPSA) is 131 Å². The second-order valence-corrected chi connectivity index (χ2v) is 7.91. The Morgan fingerprint density at radius 2 is 2.12 bits per heavy atom. The summed E-state index contributed by atoms with van der Waals surface area (Å²) in [7, 11) is 1.61. The summed E-state index contributed by atoms with van der Waals surface area (Å²) in [5, 5.41) is 11.7. The molecule has 0 saturated heterocycles. The van der Waals surface area contributed by atoms with Crippen molar-refractivity contribution in [3.05, 3.63) is 81.0 Å². The van der Waals surface area contributed by atoms with Crippen molar-refractivity contribution in [1.29, 1.82) is 5.26 Å². The van der Waals surface area contributed by atoms with Gasteiger partial charge in [-0.1, -0.05) is 0 Å². The van der Waals surface area contributed by atoms with Crippen LogP contribution in [0.1, 0.15) is 39.8 Å². The third-order valence-electron chi connectivity index (χ3n) is 5.46. The van der Waals surface area contributed by atoms with Crippen LogP contribution in [0.4, 0.5) is 10.1 Å². The smallest absolute Gasteiger partial charge is 0.328 e. The number of halogens is 1. The third kappa shape index (κ3) is 3.43. The number of fused-ring (bicyclic) bond motifs is 1. The predicted octanol–water partition coefficient (Wildman–Crippen LogP) is 1.79. The van der Waals surface area contributed by atoms with E-state index in [2.05, 4.69) is 15.3 Å². The molecule has 0 aliphatic carbocycles. The Bertz CT molecular complexity index is 1400. The first-order chi connectivity index (χ1) is 15.1. The number of nitrogens with zero attached hydrogens (tertiary/aromatic N) is 5. The first kappa shape index (κ1) is 21.0. The number of hydrogen-bond donors (Lipinski definition) is 2. The van der Waals surface area contributed by atoms with Crippen molar-refractivity contribution in [1.82, 2.24) is 14.1 Å². The van der Waals surface area contributed by atoms with Crippen LogP contribution in [0, 0.1) is 24.1 Å². The number of aromatic nitrogens is 3. The number of anilines is 1. The summed E-state index contributed by atoms with van der Waals surface area (Å²) in [5.41, 5.74) is 6.67. The van der Waals surface area contributed by atoms with Gasteiger partial charge in [-0.3, -0.25) is 14.4 Å². The number of imidazole rings is 1. The zero-order valence-electron chi connectivity index (χ0n) is 17.7. The number of benzene rings is 1. The molecule has 32 heavy (non-hydrogen) atoms. The number of nitrogens with two attached hydrogens (primary N) is 1. The van der Waals surface area contributed by atoms with Gasteiger partial charge >= 0.3 is 5.69 Å². The molecule has 3 N–H and O–H groups in total. The Kier molecular flexibility index (Phi) is 4.89. The minimum Gasteiger partial charge on any atom is -0.382 e. The molecule has 1 aliphatic rings. The first-order valence-electron chi connectivity index (χ1n) is 9.73. The van der Waals surface area contributed by atoms with E-state index in [0.29, 0.717) is 22.5 Å². The van der Waals surface area contributed by atoms with Gasteiger partial charge < -0.3 is 15.6 Å². The van der Waals surface area contributed by atoms with E-state index in [1.807, 2.05) is 6.07 Å². The lowest BCUT2D eigenvalue weighted by atomic mass is 9.90. The predicted molar refractivity (Wildman–Crippen MR) is 116 cm³/mol. The number of aryl methyl sites for hydroxylation is 2. The van der Waals surface area contributed by atoms with Crippen LogP contribution in [0.2, 0.25) is 0 Å². The fourth-order valence-corrected chi connectivity index (χ4v) is 3.85. The number of amides is 1. The van der Waals surface area contributed by atoms with Gasteiger partial charge in [-0.25, -0.2) is 14.2 Å². The van der Waals surface area contributed by atoms with Crippen LogP contribution in [0.25, 0.3) is 0 Å². The van der Waals surface area contributed by atoms with Gasteiger partial charge in [-0.15, -0.1) is 0 Å². The van der Waals surface area contributed by atoms with E-state index < -0.39 is 17.3 Å². The SMILES string of the molecule is Cc1cc(C#N)cnc1C(=O)Nc1ccc(F)c([C@]2(C)Cn3c(cn(C)c3=O)C(N)=N2)c1. The number of aliphatic imine (C=N–C) groups is 1. The maximum atomic E-state index is 14.9. The number of hydrogen-bond acceptors (Lipinski definition) is 6. The number of nitriles is 1.